The monoisotopic (exact) mass is 218 g/mol. The van der Waals surface area contributed by atoms with E-state index in [-0.39, 0.29) is 7.05 Å². The van der Waals surface area contributed by atoms with Crippen molar-refractivity contribution in [2.45, 2.75) is 13.7 Å². The van der Waals surface area contributed by atoms with Gasteiger partial charge in [0.25, 0.3) is 0 Å². The van der Waals surface area contributed by atoms with Gasteiger partial charge < -0.3 is 14.7 Å². The van der Waals surface area contributed by atoms with Gasteiger partial charge in [-0.25, -0.2) is 0 Å². The second-order valence-electron chi connectivity index (χ2n) is 4.44. The minimum Gasteiger partial charge on any atom is -0.437 e. The molecule has 2 rings (SSSR count). The third-order valence-corrected chi connectivity index (χ3v) is 3.30. The molecule has 16 heavy (non-hydrogen) atoms. The topological polar surface area (TPSA) is 26.7 Å². The molecule has 0 saturated carbocycles. The molecule has 0 bridgehead atoms. The molecule has 1 aromatic carbocycles. The molecule has 1 aromatic rings. The average Bonchev–Trinajstić information content (AvgIpc) is 2.30. The highest BCUT2D eigenvalue weighted by atomic mass is 16.2. The first-order valence-corrected chi connectivity index (χ1v) is 5.91. The summed E-state index contributed by atoms with van der Waals surface area (Å²) in [5, 5.41) is 9.50. The highest BCUT2D eigenvalue weighted by Gasteiger charge is 2.22. The largest absolute Gasteiger partial charge is 0.437 e. The molecule has 0 atom stereocenters. The summed E-state index contributed by atoms with van der Waals surface area (Å²) in [5.74, 6) is 0. The van der Waals surface area contributed by atoms with Crippen molar-refractivity contribution in [3.63, 3.8) is 0 Å². The van der Waals surface area contributed by atoms with Crippen LogP contribution < -0.4 is 4.90 Å². The Balaban J connectivity index is 2.02. The Kier molecular flexibility index (Phi) is 3.51. The molecule has 1 heterocycles. The average molecular weight is 218 g/mol. The number of benzene rings is 1. The Hall–Kier alpha value is -0.995. The van der Waals surface area contributed by atoms with Crippen LogP contribution in [-0.4, -0.2) is 43.1 Å². The van der Waals surface area contributed by atoms with Gasteiger partial charge in [0.15, 0.2) is 0 Å². The van der Waals surface area contributed by atoms with Crippen LogP contribution >= 0.6 is 0 Å². The van der Waals surface area contributed by atoms with Crippen LogP contribution in [0.2, 0.25) is 6.82 Å². The van der Waals surface area contributed by atoms with E-state index in [9.17, 15) is 5.02 Å². The van der Waals surface area contributed by atoms with Gasteiger partial charge in [0.2, 0.25) is 0 Å². The van der Waals surface area contributed by atoms with Gasteiger partial charge in [-0.05, 0) is 25.4 Å². The van der Waals surface area contributed by atoms with E-state index in [4.69, 9.17) is 0 Å². The number of nitrogens with zero attached hydrogens (tertiary/aromatic N) is 2. The van der Waals surface area contributed by atoms with Crippen LogP contribution in [0.3, 0.4) is 0 Å². The summed E-state index contributed by atoms with van der Waals surface area (Å²) in [5.41, 5.74) is 2.65. The van der Waals surface area contributed by atoms with Crippen LogP contribution in [0.1, 0.15) is 5.56 Å². The molecule has 0 aromatic heterocycles. The number of para-hydroxylation sites is 1. The lowest BCUT2D eigenvalue weighted by molar-refractivity contribution is 0.344. The van der Waals surface area contributed by atoms with Gasteiger partial charge in [-0.2, -0.15) is 0 Å². The molecule has 0 spiro atoms. The van der Waals surface area contributed by atoms with Crippen molar-refractivity contribution in [3.8, 4) is 0 Å². The molecule has 4 heteroatoms. The Morgan fingerprint density at radius 3 is 2.31 bits per heavy atom. The Morgan fingerprint density at radius 1 is 1.12 bits per heavy atom. The van der Waals surface area contributed by atoms with E-state index >= 15 is 0 Å². The van der Waals surface area contributed by atoms with Crippen LogP contribution in [0.5, 0.6) is 0 Å². The third-order valence-electron chi connectivity index (χ3n) is 3.30. The van der Waals surface area contributed by atoms with Crippen molar-refractivity contribution < 1.29 is 5.02 Å². The Bertz CT molecular complexity index is 349. The zero-order chi connectivity index (χ0) is 11.5. The molecule has 0 unspecified atom stereocenters. The van der Waals surface area contributed by atoms with Crippen molar-refractivity contribution in [1.82, 2.24) is 4.81 Å². The molecule has 1 aliphatic rings. The van der Waals surface area contributed by atoms with Crippen molar-refractivity contribution >= 4 is 12.7 Å². The van der Waals surface area contributed by atoms with Crippen LogP contribution in [0.15, 0.2) is 24.3 Å². The van der Waals surface area contributed by atoms with E-state index in [2.05, 4.69) is 40.9 Å². The first kappa shape index (κ1) is 11.5. The van der Waals surface area contributed by atoms with Crippen LogP contribution in [0.4, 0.5) is 5.69 Å². The number of hydrogen-bond donors (Lipinski definition) is 1. The maximum absolute atomic E-state index is 9.50. The van der Waals surface area contributed by atoms with Gasteiger partial charge in [0.05, 0.1) is 0 Å². The lowest BCUT2D eigenvalue weighted by Gasteiger charge is -2.37. The summed E-state index contributed by atoms with van der Waals surface area (Å²) in [4.78, 5) is 4.50. The Labute approximate surface area is 97.8 Å². The van der Waals surface area contributed by atoms with Crippen LogP contribution in [0, 0.1) is 6.92 Å². The summed E-state index contributed by atoms with van der Waals surface area (Å²) in [6.07, 6.45) is 0. The molecule has 0 aliphatic carbocycles. The number of hydrogen-bond acceptors (Lipinski definition) is 3. The number of rotatable bonds is 2. The number of anilines is 1. The van der Waals surface area contributed by atoms with E-state index in [0.29, 0.717) is 0 Å². The number of piperazine rings is 1. The van der Waals surface area contributed by atoms with E-state index in [1.165, 1.54) is 11.3 Å². The number of aryl methyl sites for hydroxylation is 1. The zero-order valence-electron chi connectivity index (χ0n) is 10.1. The maximum Gasteiger partial charge on any atom is 0.376 e. The first-order chi connectivity index (χ1) is 7.68. The lowest BCUT2D eigenvalue weighted by Crippen LogP contribution is -2.51. The van der Waals surface area contributed by atoms with E-state index in [1.54, 1.807) is 0 Å². The highest BCUT2D eigenvalue weighted by Crippen LogP contribution is 2.20. The van der Waals surface area contributed by atoms with E-state index in [0.717, 1.165) is 26.2 Å². The van der Waals surface area contributed by atoms with Crippen molar-refractivity contribution in [3.05, 3.63) is 29.8 Å². The molecule has 1 saturated heterocycles. The summed E-state index contributed by atoms with van der Waals surface area (Å²) >= 11 is 0. The van der Waals surface area contributed by atoms with Gasteiger partial charge in [0.1, 0.15) is 0 Å². The molecule has 0 radical (unpaired) electrons. The fourth-order valence-corrected chi connectivity index (χ4v) is 2.25. The molecular formula is C12H19BN2O. The van der Waals surface area contributed by atoms with Crippen molar-refractivity contribution in [2.75, 3.05) is 31.1 Å². The third kappa shape index (κ3) is 2.39. The fourth-order valence-electron chi connectivity index (χ4n) is 2.25. The van der Waals surface area contributed by atoms with Crippen LogP contribution in [0.25, 0.3) is 0 Å². The molecule has 1 fully saturated rings. The van der Waals surface area contributed by atoms with Crippen molar-refractivity contribution in [1.29, 1.82) is 0 Å². The summed E-state index contributed by atoms with van der Waals surface area (Å²) in [7, 11) is -0.320. The molecular weight excluding hydrogens is 199 g/mol. The summed E-state index contributed by atoms with van der Waals surface area (Å²) in [6.45, 7) is 7.85. The molecule has 86 valence electrons. The second-order valence-corrected chi connectivity index (χ2v) is 4.44. The first-order valence-electron chi connectivity index (χ1n) is 5.91. The van der Waals surface area contributed by atoms with Gasteiger partial charge in [-0.3, -0.25) is 0 Å². The fraction of sp³-hybridized carbons (Fsp3) is 0.500. The standard InChI is InChI=1S/C12H19BN2O/c1-11-5-3-4-6-12(11)14-7-9-15(10-8-14)13(2)16/h3-6,16H,7-10H2,1-2H3. The SMILES string of the molecule is CB(O)N1CCN(c2ccccc2C)CC1. The highest BCUT2D eigenvalue weighted by molar-refractivity contribution is 6.45. The predicted molar refractivity (Wildman–Crippen MR) is 68.8 cm³/mol. The maximum atomic E-state index is 9.50. The smallest absolute Gasteiger partial charge is 0.376 e. The van der Waals surface area contributed by atoms with Gasteiger partial charge >= 0.3 is 7.05 Å². The van der Waals surface area contributed by atoms with E-state index < -0.39 is 0 Å². The normalized spacial score (nSPS) is 17.6. The zero-order valence-corrected chi connectivity index (χ0v) is 10.1. The minimum atomic E-state index is -0.320. The van der Waals surface area contributed by atoms with E-state index in [1.807, 2.05) is 6.82 Å². The second kappa shape index (κ2) is 4.89. The van der Waals surface area contributed by atoms with Crippen molar-refractivity contribution in [2.24, 2.45) is 0 Å². The molecule has 0 amide bonds. The minimum absolute atomic E-state index is 0.320. The summed E-state index contributed by atoms with van der Waals surface area (Å²) < 4.78 is 0. The predicted octanol–water partition coefficient (Wildman–Crippen LogP) is 1.23. The Morgan fingerprint density at radius 2 is 1.75 bits per heavy atom. The molecule has 1 N–H and O–H groups in total. The molecule has 3 nitrogen and oxygen atoms in total. The quantitative estimate of drug-likeness (QED) is 0.756. The molecule has 1 aliphatic heterocycles. The van der Waals surface area contributed by atoms with Gasteiger partial charge in [-0.1, -0.05) is 18.2 Å². The van der Waals surface area contributed by atoms with Gasteiger partial charge in [0, 0.05) is 31.9 Å². The van der Waals surface area contributed by atoms with Crippen LogP contribution in [-0.2, 0) is 0 Å². The summed E-state index contributed by atoms with van der Waals surface area (Å²) in [6, 6.07) is 8.48. The van der Waals surface area contributed by atoms with Gasteiger partial charge in [-0.15, -0.1) is 0 Å². The lowest BCUT2D eigenvalue weighted by atomic mass is 9.84.